The maximum absolute atomic E-state index is 13.2. The van der Waals surface area contributed by atoms with Gasteiger partial charge in [0.15, 0.2) is 0 Å². The highest BCUT2D eigenvalue weighted by Crippen LogP contribution is 2.10. The van der Waals surface area contributed by atoms with Crippen molar-refractivity contribution >= 4 is 11.7 Å². The largest absolute Gasteiger partial charge is 0.383 e. The molecule has 124 valence electrons. The second-order valence-electron chi connectivity index (χ2n) is 5.06. The Morgan fingerprint density at radius 3 is 3.00 bits per heavy atom. The van der Waals surface area contributed by atoms with E-state index in [4.69, 9.17) is 4.74 Å². The van der Waals surface area contributed by atoms with Crippen molar-refractivity contribution in [3.63, 3.8) is 0 Å². The number of hydrogen-bond acceptors (Lipinski definition) is 3. The van der Waals surface area contributed by atoms with Gasteiger partial charge in [0.2, 0.25) is 0 Å². The van der Waals surface area contributed by atoms with E-state index in [1.54, 1.807) is 35.2 Å². The first kappa shape index (κ1) is 17.0. The first-order chi connectivity index (χ1) is 11.1. The summed E-state index contributed by atoms with van der Waals surface area (Å²) in [6.45, 7) is 3.94. The smallest absolute Gasteiger partial charge is 0.322 e. The quantitative estimate of drug-likeness (QED) is 0.853. The van der Waals surface area contributed by atoms with Crippen molar-refractivity contribution in [2.75, 3.05) is 32.1 Å². The molecule has 1 aromatic heterocycles. The molecule has 6 nitrogen and oxygen atoms in total. The number of anilines is 1. The molecule has 7 heteroatoms. The molecular weight excluding hydrogens is 299 g/mol. The van der Waals surface area contributed by atoms with Gasteiger partial charge in [-0.15, -0.1) is 0 Å². The summed E-state index contributed by atoms with van der Waals surface area (Å²) in [6.07, 6.45) is 3.29. The average molecular weight is 320 g/mol. The zero-order valence-corrected chi connectivity index (χ0v) is 13.3. The minimum atomic E-state index is -0.278. The first-order valence-corrected chi connectivity index (χ1v) is 7.44. The second kappa shape index (κ2) is 8.28. The fourth-order valence-corrected chi connectivity index (χ4v) is 2.14. The van der Waals surface area contributed by atoms with Crippen LogP contribution in [0.25, 0.3) is 0 Å². The predicted octanol–water partition coefficient (Wildman–Crippen LogP) is 2.57. The van der Waals surface area contributed by atoms with E-state index < -0.39 is 0 Å². The number of nitrogens with one attached hydrogen (secondary N) is 1. The maximum atomic E-state index is 13.2. The molecule has 0 fully saturated rings. The minimum absolute atomic E-state index is 0.199. The molecule has 1 N–H and O–H groups in total. The number of aromatic nitrogens is 2. The molecular formula is C16H21FN4O2. The van der Waals surface area contributed by atoms with Crippen LogP contribution in [0.2, 0.25) is 0 Å². The number of likely N-dealkylation sites (N-methyl/N-ethyl adjacent to an activating group) is 1. The second-order valence-corrected chi connectivity index (χ2v) is 5.06. The summed E-state index contributed by atoms with van der Waals surface area (Å²) in [5.41, 5.74) is 1.41. The maximum Gasteiger partial charge on any atom is 0.322 e. The summed E-state index contributed by atoms with van der Waals surface area (Å²) in [5.74, 6) is -0.278. The van der Waals surface area contributed by atoms with Crippen molar-refractivity contribution in [3.8, 4) is 0 Å². The zero-order chi connectivity index (χ0) is 16.7. The minimum Gasteiger partial charge on any atom is -0.383 e. The van der Waals surface area contributed by atoms with Gasteiger partial charge in [-0.05, 0) is 24.6 Å². The molecule has 0 aliphatic heterocycles. The van der Waals surface area contributed by atoms with E-state index in [2.05, 4.69) is 10.4 Å². The van der Waals surface area contributed by atoms with E-state index in [-0.39, 0.29) is 11.8 Å². The monoisotopic (exact) mass is 320 g/mol. The predicted molar refractivity (Wildman–Crippen MR) is 85.9 cm³/mol. The Balaban J connectivity index is 1.95. The Morgan fingerprint density at radius 1 is 1.48 bits per heavy atom. The lowest BCUT2D eigenvalue weighted by molar-refractivity contribution is 0.157. The van der Waals surface area contributed by atoms with Crippen LogP contribution in [0.4, 0.5) is 14.9 Å². The number of methoxy groups -OCH3 is 1. The standard InChI is InChI=1S/C16H21FN4O2/c1-3-20(7-8-23-2)16(22)19-15-10-18-21(12-15)11-13-5-4-6-14(17)9-13/h4-6,9-10,12H,3,7-8,11H2,1-2H3,(H,19,22). The number of carbonyl (C=O) groups excluding carboxylic acids is 1. The number of halogens is 1. The average Bonchev–Trinajstić information content (AvgIpc) is 2.95. The number of ether oxygens (including phenoxy) is 1. The number of urea groups is 1. The molecule has 2 amide bonds. The third-order valence-corrected chi connectivity index (χ3v) is 3.35. The number of amides is 2. The highest BCUT2D eigenvalue weighted by atomic mass is 19.1. The van der Waals surface area contributed by atoms with Crippen LogP contribution < -0.4 is 5.32 Å². The molecule has 2 rings (SSSR count). The van der Waals surface area contributed by atoms with Crippen molar-refractivity contribution in [2.45, 2.75) is 13.5 Å². The lowest BCUT2D eigenvalue weighted by Gasteiger charge is -2.20. The van der Waals surface area contributed by atoms with Crippen LogP contribution in [0, 0.1) is 5.82 Å². The van der Waals surface area contributed by atoms with E-state index in [1.165, 1.54) is 12.1 Å². The van der Waals surface area contributed by atoms with Crippen LogP contribution >= 0.6 is 0 Å². The molecule has 0 unspecified atom stereocenters. The van der Waals surface area contributed by atoms with E-state index in [1.807, 2.05) is 13.0 Å². The Kier molecular flexibility index (Phi) is 6.10. The topological polar surface area (TPSA) is 59.4 Å². The van der Waals surface area contributed by atoms with Gasteiger partial charge < -0.3 is 15.0 Å². The molecule has 0 saturated heterocycles. The van der Waals surface area contributed by atoms with Crippen molar-refractivity contribution in [1.29, 1.82) is 0 Å². The SMILES string of the molecule is CCN(CCOC)C(=O)Nc1cnn(Cc2cccc(F)c2)c1. The number of nitrogens with zero attached hydrogens (tertiary/aromatic N) is 3. The number of benzene rings is 1. The van der Waals surface area contributed by atoms with Gasteiger partial charge in [-0.1, -0.05) is 12.1 Å². The van der Waals surface area contributed by atoms with Crippen molar-refractivity contribution in [1.82, 2.24) is 14.7 Å². The van der Waals surface area contributed by atoms with Gasteiger partial charge in [-0.3, -0.25) is 4.68 Å². The van der Waals surface area contributed by atoms with Crippen LogP contribution in [-0.4, -0.2) is 47.5 Å². The lowest BCUT2D eigenvalue weighted by Crippen LogP contribution is -2.37. The third-order valence-electron chi connectivity index (χ3n) is 3.35. The van der Waals surface area contributed by atoms with E-state index in [9.17, 15) is 9.18 Å². The van der Waals surface area contributed by atoms with Crippen LogP contribution in [0.3, 0.4) is 0 Å². The van der Waals surface area contributed by atoms with Crippen LogP contribution in [-0.2, 0) is 11.3 Å². The highest BCUT2D eigenvalue weighted by molar-refractivity contribution is 5.88. The highest BCUT2D eigenvalue weighted by Gasteiger charge is 2.12. The number of carbonyl (C=O) groups is 1. The molecule has 2 aromatic rings. The molecule has 1 heterocycles. The van der Waals surface area contributed by atoms with Gasteiger partial charge in [-0.2, -0.15) is 5.10 Å². The number of rotatable bonds is 7. The van der Waals surface area contributed by atoms with Crippen LogP contribution in [0.5, 0.6) is 0 Å². The molecule has 0 radical (unpaired) electrons. The fourth-order valence-electron chi connectivity index (χ4n) is 2.14. The number of hydrogen-bond donors (Lipinski definition) is 1. The van der Waals surface area contributed by atoms with Crippen molar-refractivity contribution in [3.05, 3.63) is 48.0 Å². The molecule has 0 saturated carbocycles. The molecule has 0 bridgehead atoms. The van der Waals surface area contributed by atoms with Crippen molar-refractivity contribution in [2.24, 2.45) is 0 Å². The molecule has 1 aromatic carbocycles. The van der Waals surface area contributed by atoms with Gasteiger partial charge in [0.1, 0.15) is 5.82 Å². The Hall–Kier alpha value is -2.41. The molecule has 0 spiro atoms. The fraction of sp³-hybridized carbons (Fsp3) is 0.375. The molecule has 0 aliphatic rings. The normalized spacial score (nSPS) is 10.6. The summed E-state index contributed by atoms with van der Waals surface area (Å²) in [5, 5.41) is 6.97. The Bertz CT molecular complexity index is 645. The zero-order valence-electron chi connectivity index (χ0n) is 13.3. The summed E-state index contributed by atoms with van der Waals surface area (Å²) >= 11 is 0. The Morgan fingerprint density at radius 2 is 2.30 bits per heavy atom. The molecule has 0 aliphatic carbocycles. The summed E-state index contributed by atoms with van der Waals surface area (Å²) in [7, 11) is 1.60. The van der Waals surface area contributed by atoms with Crippen molar-refractivity contribution < 1.29 is 13.9 Å². The van der Waals surface area contributed by atoms with Gasteiger partial charge in [0.25, 0.3) is 0 Å². The third kappa shape index (κ3) is 5.07. The summed E-state index contributed by atoms with van der Waals surface area (Å²) < 4.78 is 19.8. The van der Waals surface area contributed by atoms with Crippen LogP contribution in [0.15, 0.2) is 36.7 Å². The first-order valence-electron chi connectivity index (χ1n) is 7.44. The molecule has 23 heavy (non-hydrogen) atoms. The van der Waals surface area contributed by atoms with Crippen LogP contribution in [0.1, 0.15) is 12.5 Å². The van der Waals surface area contributed by atoms with Gasteiger partial charge in [0, 0.05) is 26.4 Å². The van der Waals surface area contributed by atoms with E-state index >= 15 is 0 Å². The summed E-state index contributed by atoms with van der Waals surface area (Å²) in [4.78, 5) is 13.8. The van der Waals surface area contributed by atoms with Gasteiger partial charge in [0.05, 0.1) is 25.0 Å². The van der Waals surface area contributed by atoms with Gasteiger partial charge in [-0.25, -0.2) is 9.18 Å². The Labute approximate surface area is 134 Å². The molecule has 0 atom stereocenters. The van der Waals surface area contributed by atoms with Gasteiger partial charge >= 0.3 is 6.03 Å². The summed E-state index contributed by atoms with van der Waals surface area (Å²) in [6, 6.07) is 6.15. The van der Waals surface area contributed by atoms with E-state index in [0.717, 1.165) is 5.56 Å². The van der Waals surface area contributed by atoms with E-state index in [0.29, 0.717) is 31.9 Å². The lowest BCUT2D eigenvalue weighted by atomic mass is 10.2.